The number of nitriles is 1. The molecule has 2 aromatic rings. The van der Waals surface area contributed by atoms with E-state index < -0.39 is 10.0 Å². The third-order valence-electron chi connectivity index (χ3n) is 3.37. The molecule has 2 rings (SSSR count). The summed E-state index contributed by atoms with van der Waals surface area (Å²) in [6.45, 7) is 3.75. The Morgan fingerprint density at radius 3 is 2.44 bits per heavy atom. The lowest BCUT2D eigenvalue weighted by atomic mass is 10.1. The van der Waals surface area contributed by atoms with Gasteiger partial charge in [0.1, 0.15) is 0 Å². The molecule has 0 amide bonds. The molecule has 0 saturated heterocycles. The fraction of sp³-hybridized carbons (Fsp3) is 0.176. The van der Waals surface area contributed by atoms with Gasteiger partial charge in [-0.15, -0.1) is 0 Å². The molecule has 0 fully saturated rings. The Balaban J connectivity index is 2.26. The first-order valence-electron chi connectivity index (χ1n) is 7.33. The maximum Gasteiger partial charge on any atom is 0.261 e. The Morgan fingerprint density at radius 1 is 1.16 bits per heavy atom. The average molecular weight is 374 g/mol. The zero-order chi connectivity index (χ0) is 18.4. The lowest BCUT2D eigenvalue weighted by Crippen LogP contribution is -2.14. The molecule has 0 aliphatic carbocycles. The second kappa shape index (κ2) is 8.05. The predicted molar refractivity (Wildman–Crippen MR) is 103 cm³/mol. The number of nitrogens with zero attached hydrogens (tertiary/aromatic N) is 2. The smallest absolute Gasteiger partial charge is 0.261 e. The molecule has 6 nitrogen and oxygen atoms in total. The molecule has 130 valence electrons. The van der Waals surface area contributed by atoms with Crippen LogP contribution in [0.4, 0.5) is 11.4 Å². The third kappa shape index (κ3) is 4.98. The van der Waals surface area contributed by atoms with E-state index in [4.69, 9.17) is 5.26 Å². The third-order valence-corrected chi connectivity index (χ3v) is 5.33. The predicted octanol–water partition coefficient (Wildman–Crippen LogP) is 3.53. The summed E-state index contributed by atoms with van der Waals surface area (Å²) < 4.78 is 27.7. The van der Waals surface area contributed by atoms with Crippen LogP contribution in [0.2, 0.25) is 0 Å². The Hall–Kier alpha value is -2.50. The second-order valence-corrected chi connectivity index (χ2v) is 7.75. The quantitative estimate of drug-likeness (QED) is 0.369. The highest BCUT2D eigenvalue weighted by atomic mass is 32.2. The van der Waals surface area contributed by atoms with E-state index in [1.807, 2.05) is 26.0 Å². The lowest BCUT2D eigenvalue weighted by molar-refractivity contribution is 0.601. The largest absolute Gasteiger partial charge is 0.279 e. The number of nitrogens with one attached hydrogen (secondary N) is 2. The van der Waals surface area contributed by atoms with Crippen LogP contribution in [0.25, 0.3) is 0 Å². The van der Waals surface area contributed by atoms with Gasteiger partial charge in [-0.2, -0.15) is 5.26 Å². The van der Waals surface area contributed by atoms with Crippen LogP contribution in [0.3, 0.4) is 0 Å². The average Bonchev–Trinajstić information content (AvgIpc) is 2.58. The molecular formula is C17H18N4O2S2. The first kappa shape index (κ1) is 18.8. The minimum atomic E-state index is -3.69. The number of sulfonamides is 1. The zero-order valence-electron chi connectivity index (χ0n) is 14.1. The molecule has 0 bridgehead atoms. The number of thioether (sulfide) groups is 1. The maximum atomic E-state index is 12.6. The van der Waals surface area contributed by atoms with Gasteiger partial charge in [-0.3, -0.25) is 10.0 Å². The minimum Gasteiger partial charge on any atom is -0.279 e. The molecule has 25 heavy (non-hydrogen) atoms. The fourth-order valence-corrected chi connectivity index (χ4v) is 3.51. The van der Waals surface area contributed by atoms with Gasteiger partial charge in [-0.1, -0.05) is 23.9 Å². The molecule has 0 atom stereocenters. The van der Waals surface area contributed by atoms with Gasteiger partial charge in [0.15, 0.2) is 11.4 Å². The van der Waals surface area contributed by atoms with Crippen LogP contribution in [-0.2, 0) is 10.0 Å². The SMILES string of the molecule is CSC(=Nc1ccc(S(=O)(=O)Nc2cc(C)ccc2C)cc1)NC#N. The standard InChI is InChI=1S/C17H18N4O2S2/c1-12-4-5-13(2)16(10-12)21-25(22,23)15-8-6-14(7-9-15)20-17(24-3)19-11-18/h4-10,21H,1-3H3,(H,19,20). The molecule has 8 heteroatoms. The van der Waals surface area contributed by atoms with Crippen molar-refractivity contribution in [1.82, 2.24) is 5.32 Å². The summed E-state index contributed by atoms with van der Waals surface area (Å²) in [5.41, 5.74) is 2.94. The molecule has 2 N–H and O–H groups in total. The molecular weight excluding hydrogens is 356 g/mol. The number of rotatable bonds is 4. The zero-order valence-corrected chi connectivity index (χ0v) is 15.7. The van der Waals surface area contributed by atoms with E-state index in [0.29, 0.717) is 16.5 Å². The summed E-state index contributed by atoms with van der Waals surface area (Å²) >= 11 is 1.29. The summed E-state index contributed by atoms with van der Waals surface area (Å²) in [7, 11) is -3.69. The van der Waals surface area contributed by atoms with Crippen molar-refractivity contribution in [3.63, 3.8) is 0 Å². The molecule has 0 saturated carbocycles. The van der Waals surface area contributed by atoms with Gasteiger partial charge in [-0.25, -0.2) is 13.4 Å². The topological polar surface area (TPSA) is 94.3 Å². The van der Waals surface area contributed by atoms with Gasteiger partial charge in [0.05, 0.1) is 16.3 Å². The van der Waals surface area contributed by atoms with Gasteiger partial charge >= 0.3 is 0 Å². The highest BCUT2D eigenvalue weighted by molar-refractivity contribution is 8.13. The van der Waals surface area contributed by atoms with E-state index in [0.717, 1.165) is 11.1 Å². The molecule has 0 unspecified atom stereocenters. The molecule has 0 spiro atoms. The Morgan fingerprint density at radius 2 is 1.84 bits per heavy atom. The Kier molecular flexibility index (Phi) is 6.07. The van der Waals surface area contributed by atoms with Crippen LogP contribution in [0.1, 0.15) is 11.1 Å². The van der Waals surface area contributed by atoms with E-state index in [-0.39, 0.29) is 4.90 Å². The van der Waals surface area contributed by atoms with E-state index >= 15 is 0 Å². The number of hydrogen-bond acceptors (Lipinski definition) is 5. The summed E-state index contributed by atoms with van der Waals surface area (Å²) in [5, 5.41) is 11.5. The van der Waals surface area contributed by atoms with Crippen LogP contribution in [-0.4, -0.2) is 19.8 Å². The Labute approximate surface area is 152 Å². The molecule has 0 heterocycles. The van der Waals surface area contributed by atoms with Crippen molar-refractivity contribution < 1.29 is 8.42 Å². The van der Waals surface area contributed by atoms with Crippen LogP contribution >= 0.6 is 11.8 Å². The number of amidine groups is 1. The molecule has 0 aliphatic heterocycles. The summed E-state index contributed by atoms with van der Waals surface area (Å²) in [6.07, 6.45) is 3.59. The maximum absolute atomic E-state index is 12.6. The van der Waals surface area contributed by atoms with Crippen molar-refractivity contribution in [2.75, 3.05) is 11.0 Å². The van der Waals surface area contributed by atoms with E-state index in [1.54, 1.807) is 30.6 Å². The van der Waals surface area contributed by atoms with Gasteiger partial charge < -0.3 is 0 Å². The Bertz CT molecular complexity index is 930. The minimum absolute atomic E-state index is 0.145. The van der Waals surface area contributed by atoms with Gasteiger partial charge in [0.25, 0.3) is 10.0 Å². The first-order valence-corrected chi connectivity index (χ1v) is 10.0. The second-order valence-electron chi connectivity index (χ2n) is 5.28. The van der Waals surface area contributed by atoms with Crippen molar-refractivity contribution in [2.45, 2.75) is 18.7 Å². The van der Waals surface area contributed by atoms with Crippen molar-refractivity contribution in [3.8, 4) is 6.19 Å². The number of anilines is 1. The van der Waals surface area contributed by atoms with Crippen molar-refractivity contribution in [3.05, 3.63) is 53.6 Å². The number of hydrogen-bond donors (Lipinski definition) is 2. The lowest BCUT2D eigenvalue weighted by Gasteiger charge is -2.11. The number of aliphatic imine (C=N–C) groups is 1. The number of aryl methyl sites for hydroxylation is 2. The van der Waals surface area contributed by atoms with Crippen LogP contribution in [0.15, 0.2) is 52.4 Å². The summed E-state index contributed by atoms with van der Waals surface area (Å²) in [4.78, 5) is 4.38. The van der Waals surface area contributed by atoms with Gasteiger partial charge in [0.2, 0.25) is 0 Å². The summed E-state index contributed by atoms with van der Waals surface area (Å²) in [6, 6.07) is 11.7. The molecule has 2 aromatic carbocycles. The highest BCUT2D eigenvalue weighted by Crippen LogP contribution is 2.23. The highest BCUT2D eigenvalue weighted by Gasteiger charge is 2.15. The van der Waals surface area contributed by atoms with E-state index in [2.05, 4.69) is 15.0 Å². The van der Waals surface area contributed by atoms with Gasteiger partial charge in [-0.05, 0) is 61.6 Å². The molecule has 0 aromatic heterocycles. The van der Waals surface area contributed by atoms with Crippen molar-refractivity contribution >= 4 is 38.3 Å². The van der Waals surface area contributed by atoms with Crippen molar-refractivity contribution in [1.29, 1.82) is 5.26 Å². The molecule has 0 radical (unpaired) electrons. The summed E-state index contributed by atoms with van der Waals surface area (Å²) in [5.74, 6) is 0. The molecule has 0 aliphatic rings. The van der Waals surface area contributed by atoms with Crippen LogP contribution in [0, 0.1) is 25.3 Å². The fourth-order valence-electron chi connectivity index (χ4n) is 2.04. The normalized spacial score (nSPS) is 11.7. The number of benzene rings is 2. The van der Waals surface area contributed by atoms with Crippen LogP contribution in [0.5, 0.6) is 0 Å². The monoisotopic (exact) mass is 374 g/mol. The van der Waals surface area contributed by atoms with Crippen molar-refractivity contribution in [2.24, 2.45) is 4.99 Å². The van der Waals surface area contributed by atoms with E-state index in [9.17, 15) is 8.42 Å². The first-order chi connectivity index (χ1) is 11.9. The van der Waals surface area contributed by atoms with E-state index in [1.165, 1.54) is 23.9 Å². The van der Waals surface area contributed by atoms with Crippen LogP contribution < -0.4 is 10.0 Å². The van der Waals surface area contributed by atoms with Gasteiger partial charge in [0, 0.05) is 0 Å².